The molecule has 2 aromatic rings. The summed E-state index contributed by atoms with van der Waals surface area (Å²) < 4.78 is 15.1. The van der Waals surface area contributed by atoms with Gasteiger partial charge in [-0.25, -0.2) is 4.39 Å². The van der Waals surface area contributed by atoms with Gasteiger partial charge in [-0.3, -0.25) is 0 Å². The fourth-order valence-corrected chi connectivity index (χ4v) is 3.43. The Morgan fingerprint density at radius 1 is 1.35 bits per heavy atom. The van der Waals surface area contributed by atoms with E-state index in [1.807, 2.05) is 12.1 Å². The minimum Gasteiger partial charge on any atom is -0.324 e. The summed E-state index contributed by atoms with van der Waals surface area (Å²) in [5.41, 5.74) is 6.54. The van der Waals surface area contributed by atoms with E-state index in [0.717, 1.165) is 9.21 Å². The molecule has 1 heterocycles. The number of hydrogen-bond acceptors (Lipinski definition) is 2. The molecular formula is C12H10BrClFNS. The van der Waals surface area contributed by atoms with E-state index in [9.17, 15) is 4.39 Å². The SMILES string of the molecule is NC(Cc1ccc(Cl)s1)c1c(F)cccc1Br. The lowest BCUT2D eigenvalue weighted by Crippen LogP contribution is -2.15. The molecule has 5 heteroatoms. The molecule has 0 saturated heterocycles. The summed E-state index contributed by atoms with van der Waals surface area (Å²) in [6.07, 6.45) is 0.580. The lowest BCUT2D eigenvalue weighted by molar-refractivity contribution is 0.579. The van der Waals surface area contributed by atoms with Crippen LogP contribution >= 0.6 is 38.9 Å². The van der Waals surface area contributed by atoms with Gasteiger partial charge in [0.05, 0.1) is 4.34 Å². The molecule has 0 aliphatic rings. The Bertz CT molecular complexity index is 509. The Balaban J connectivity index is 2.22. The molecule has 0 bridgehead atoms. The van der Waals surface area contributed by atoms with Crippen molar-refractivity contribution in [2.75, 3.05) is 0 Å². The zero-order chi connectivity index (χ0) is 12.4. The summed E-state index contributed by atoms with van der Waals surface area (Å²) in [6, 6.07) is 8.23. The second-order valence-corrected chi connectivity index (χ2v) is 6.31. The molecule has 1 unspecified atom stereocenters. The van der Waals surface area contributed by atoms with Crippen LogP contribution in [-0.2, 0) is 6.42 Å². The van der Waals surface area contributed by atoms with Crippen molar-refractivity contribution < 1.29 is 4.39 Å². The van der Waals surface area contributed by atoms with Gasteiger partial charge in [0.15, 0.2) is 0 Å². The Hall–Kier alpha value is -0.420. The topological polar surface area (TPSA) is 26.0 Å². The van der Waals surface area contributed by atoms with Crippen LogP contribution in [0.15, 0.2) is 34.8 Å². The third-order valence-corrected chi connectivity index (χ3v) is 4.37. The van der Waals surface area contributed by atoms with Crippen molar-refractivity contribution in [1.82, 2.24) is 0 Å². The maximum Gasteiger partial charge on any atom is 0.129 e. The summed E-state index contributed by atoms with van der Waals surface area (Å²) in [5, 5.41) is 0. The molecule has 1 nitrogen and oxygen atoms in total. The molecule has 1 aromatic carbocycles. The molecule has 17 heavy (non-hydrogen) atoms. The Labute approximate surface area is 117 Å². The fourth-order valence-electron chi connectivity index (χ4n) is 1.65. The Morgan fingerprint density at radius 3 is 2.71 bits per heavy atom. The van der Waals surface area contributed by atoms with Gasteiger partial charge in [0.2, 0.25) is 0 Å². The average molecular weight is 335 g/mol. The molecule has 0 saturated carbocycles. The van der Waals surface area contributed by atoms with E-state index in [2.05, 4.69) is 15.9 Å². The van der Waals surface area contributed by atoms with Gasteiger partial charge in [-0.2, -0.15) is 0 Å². The van der Waals surface area contributed by atoms with E-state index >= 15 is 0 Å². The zero-order valence-electron chi connectivity index (χ0n) is 8.79. The molecule has 90 valence electrons. The quantitative estimate of drug-likeness (QED) is 0.876. The molecule has 0 radical (unpaired) electrons. The van der Waals surface area contributed by atoms with Crippen molar-refractivity contribution in [3.05, 3.63) is 55.4 Å². The van der Waals surface area contributed by atoms with Crippen LogP contribution in [0.1, 0.15) is 16.5 Å². The first kappa shape index (κ1) is 13.0. The van der Waals surface area contributed by atoms with Crippen LogP contribution in [0.4, 0.5) is 4.39 Å². The first-order valence-electron chi connectivity index (χ1n) is 5.01. The molecule has 0 aliphatic heterocycles. The lowest BCUT2D eigenvalue weighted by Gasteiger charge is -2.13. The van der Waals surface area contributed by atoms with Gasteiger partial charge in [0.1, 0.15) is 5.82 Å². The standard InChI is InChI=1S/C12H10BrClFNS/c13-8-2-1-3-9(15)12(8)10(16)6-7-4-5-11(14)17-7/h1-5,10H,6,16H2. The van der Waals surface area contributed by atoms with Crippen molar-refractivity contribution in [3.8, 4) is 0 Å². The summed E-state index contributed by atoms with van der Waals surface area (Å²) in [4.78, 5) is 1.05. The second-order valence-electron chi connectivity index (χ2n) is 3.65. The molecular weight excluding hydrogens is 325 g/mol. The highest BCUT2D eigenvalue weighted by Gasteiger charge is 2.16. The van der Waals surface area contributed by atoms with E-state index in [4.69, 9.17) is 17.3 Å². The minimum absolute atomic E-state index is 0.283. The molecule has 1 atom stereocenters. The molecule has 0 fully saturated rings. The Kier molecular flexibility index (Phi) is 4.20. The van der Waals surface area contributed by atoms with Gasteiger partial charge >= 0.3 is 0 Å². The molecule has 0 spiro atoms. The zero-order valence-corrected chi connectivity index (χ0v) is 11.9. The van der Waals surface area contributed by atoms with Crippen LogP contribution in [0.5, 0.6) is 0 Å². The smallest absolute Gasteiger partial charge is 0.129 e. The number of rotatable bonds is 3. The van der Waals surface area contributed by atoms with Crippen molar-refractivity contribution in [1.29, 1.82) is 0 Å². The highest BCUT2D eigenvalue weighted by Crippen LogP contribution is 2.30. The largest absolute Gasteiger partial charge is 0.324 e. The number of nitrogens with two attached hydrogens (primary N) is 1. The van der Waals surface area contributed by atoms with Crippen molar-refractivity contribution >= 4 is 38.9 Å². The number of halogens is 3. The summed E-state index contributed by atoms with van der Waals surface area (Å²) in [5.74, 6) is -0.283. The van der Waals surface area contributed by atoms with Crippen LogP contribution in [0.25, 0.3) is 0 Å². The average Bonchev–Trinajstić information content (AvgIpc) is 2.63. The van der Waals surface area contributed by atoms with Gasteiger partial charge in [0.25, 0.3) is 0 Å². The van der Waals surface area contributed by atoms with E-state index < -0.39 is 0 Å². The maximum atomic E-state index is 13.7. The lowest BCUT2D eigenvalue weighted by atomic mass is 10.0. The van der Waals surface area contributed by atoms with Crippen LogP contribution in [-0.4, -0.2) is 0 Å². The van der Waals surface area contributed by atoms with Crippen LogP contribution in [0.3, 0.4) is 0 Å². The Morgan fingerprint density at radius 2 is 2.12 bits per heavy atom. The number of thiophene rings is 1. The maximum absolute atomic E-state index is 13.7. The van der Waals surface area contributed by atoms with E-state index in [0.29, 0.717) is 16.5 Å². The van der Waals surface area contributed by atoms with Crippen LogP contribution < -0.4 is 5.73 Å². The molecule has 0 aliphatic carbocycles. The molecule has 2 rings (SSSR count). The monoisotopic (exact) mass is 333 g/mol. The molecule has 0 amide bonds. The first-order valence-corrected chi connectivity index (χ1v) is 7.00. The summed E-state index contributed by atoms with van der Waals surface area (Å²) >= 11 is 10.6. The number of hydrogen-bond donors (Lipinski definition) is 1. The molecule has 1 aromatic heterocycles. The third kappa shape index (κ3) is 3.07. The van der Waals surface area contributed by atoms with Gasteiger partial charge in [-0.1, -0.05) is 33.6 Å². The van der Waals surface area contributed by atoms with Crippen LogP contribution in [0.2, 0.25) is 4.34 Å². The first-order chi connectivity index (χ1) is 8.08. The van der Waals surface area contributed by atoms with E-state index in [1.165, 1.54) is 17.4 Å². The van der Waals surface area contributed by atoms with E-state index in [1.54, 1.807) is 12.1 Å². The van der Waals surface area contributed by atoms with Crippen molar-refractivity contribution in [2.24, 2.45) is 5.73 Å². The van der Waals surface area contributed by atoms with Gasteiger partial charge in [0, 0.05) is 27.4 Å². The highest BCUT2D eigenvalue weighted by atomic mass is 79.9. The van der Waals surface area contributed by atoms with Crippen molar-refractivity contribution in [2.45, 2.75) is 12.5 Å². The van der Waals surface area contributed by atoms with Gasteiger partial charge in [-0.15, -0.1) is 11.3 Å². The highest BCUT2D eigenvalue weighted by molar-refractivity contribution is 9.10. The van der Waals surface area contributed by atoms with E-state index in [-0.39, 0.29) is 11.9 Å². The van der Waals surface area contributed by atoms with Crippen molar-refractivity contribution in [3.63, 3.8) is 0 Å². The summed E-state index contributed by atoms with van der Waals surface area (Å²) in [7, 11) is 0. The normalized spacial score (nSPS) is 12.7. The minimum atomic E-state index is -0.375. The predicted octanol–water partition coefficient (Wildman–Crippen LogP) is 4.55. The molecule has 2 N–H and O–H groups in total. The third-order valence-electron chi connectivity index (χ3n) is 2.42. The number of benzene rings is 1. The summed E-state index contributed by atoms with van der Waals surface area (Å²) in [6.45, 7) is 0. The van der Waals surface area contributed by atoms with Gasteiger partial charge in [-0.05, 0) is 24.3 Å². The van der Waals surface area contributed by atoms with Gasteiger partial charge < -0.3 is 5.73 Å². The van der Waals surface area contributed by atoms with Crippen LogP contribution in [0, 0.1) is 5.82 Å². The second kappa shape index (κ2) is 5.48. The fraction of sp³-hybridized carbons (Fsp3) is 0.167. The predicted molar refractivity (Wildman–Crippen MR) is 74.1 cm³/mol.